The summed E-state index contributed by atoms with van der Waals surface area (Å²) in [4.78, 5) is 16.6. The van der Waals surface area contributed by atoms with Gasteiger partial charge in [-0.3, -0.25) is 4.99 Å². The van der Waals surface area contributed by atoms with Crippen LogP contribution in [0, 0.1) is 0 Å². The van der Waals surface area contributed by atoms with Gasteiger partial charge in [-0.25, -0.2) is 4.79 Å². The molecule has 2 rings (SSSR count). The molecule has 5 nitrogen and oxygen atoms in total. The lowest BCUT2D eigenvalue weighted by atomic mass is 9.89. The second-order valence-electron chi connectivity index (χ2n) is 4.69. The van der Waals surface area contributed by atoms with Crippen LogP contribution in [0.15, 0.2) is 29.4 Å². The zero-order valence-electron chi connectivity index (χ0n) is 10.2. The summed E-state index contributed by atoms with van der Waals surface area (Å²) >= 11 is 0. The minimum absolute atomic E-state index is 0.350. The van der Waals surface area contributed by atoms with Crippen molar-refractivity contribution >= 4 is 11.8 Å². The Balaban J connectivity index is 2.14. The van der Waals surface area contributed by atoms with Crippen molar-refractivity contribution in [1.82, 2.24) is 4.90 Å². The molecule has 2 heterocycles. The number of aliphatic imine (C=N–C) groups is 1. The minimum Gasteiger partial charge on any atom is -0.465 e. The van der Waals surface area contributed by atoms with E-state index in [4.69, 9.17) is 5.11 Å². The molecule has 0 aromatic rings. The molecule has 5 heteroatoms. The second kappa shape index (κ2) is 5.35. The Labute approximate surface area is 106 Å². The van der Waals surface area contributed by atoms with Crippen LogP contribution in [-0.4, -0.2) is 45.6 Å². The standard InChI is InChI=1S/C13H18N2O3/c16-12(17)15-9-4-6-13(18,7-10-15)11-5-2-1-3-8-14-11/h2-3,5,8,18H,1,4,6-7,9-10H2,(H,16,17). The Morgan fingerprint density at radius 1 is 1.33 bits per heavy atom. The molecule has 2 aliphatic heterocycles. The van der Waals surface area contributed by atoms with Gasteiger partial charge in [-0.15, -0.1) is 0 Å². The first kappa shape index (κ1) is 12.8. The first-order valence-corrected chi connectivity index (χ1v) is 6.22. The highest BCUT2D eigenvalue weighted by Crippen LogP contribution is 2.25. The summed E-state index contributed by atoms with van der Waals surface area (Å²) in [6.45, 7) is 0.826. The van der Waals surface area contributed by atoms with Crippen LogP contribution in [0.25, 0.3) is 0 Å². The van der Waals surface area contributed by atoms with Crippen molar-refractivity contribution in [3.05, 3.63) is 24.4 Å². The zero-order valence-corrected chi connectivity index (χ0v) is 10.2. The van der Waals surface area contributed by atoms with Gasteiger partial charge in [0, 0.05) is 19.3 Å². The Hall–Kier alpha value is -1.62. The maximum absolute atomic E-state index is 10.9. The number of carboxylic acid groups (broad SMARTS) is 1. The van der Waals surface area contributed by atoms with E-state index < -0.39 is 11.7 Å². The highest BCUT2D eigenvalue weighted by Gasteiger charge is 2.35. The third-order valence-electron chi connectivity index (χ3n) is 3.43. The predicted octanol–water partition coefficient (Wildman–Crippen LogP) is 1.80. The molecule has 1 amide bonds. The van der Waals surface area contributed by atoms with Crippen LogP contribution in [0.2, 0.25) is 0 Å². The number of aliphatic hydroxyl groups is 1. The first-order chi connectivity index (χ1) is 8.62. The molecule has 2 N–H and O–H groups in total. The van der Waals surface area contributed by atoms with Crippen LogP contribution in [0.1, 0.15) is 25.7 Å². The Bertz CT molecular complexity index is 414. The average molecular weight is 250 g/mol. The van der Waals surface area contributed by atoms with Gasteiger partial charge < -0.3 is 15.1 Å². The summed E-state index contributed by atoms with van der Waals surface area (Å²) in [5.41, 5.74) is -0.362. The lowest BCUT2D eigenvalue weighted by Crippen LogP contribution is -2.39. The van der Waals surface area contributed by atoms with E-state index in [0.717, 1.165) is 6.42 Å². The van der Waals surface area contributed by atoms with Crippen molar-refractivity contribution in [3.8, 4) is 0 Å². The van der Waals surface area contributed by atoms with Crippen LogP contribution in [0.4, 0.5) is 4.79 Å². The van der Waals surface area contributed by atoms with Crippen LogP contribution < -0.4 is 0 Å². The molecule has 0 aromatic carbocycles. The maximum Gasteiger partial charge on any atom is 0.407 e. The Morgan fingerprint density at radius 3 is 2.94 bits per heavy atom. The molecular formula is C13H18N2O3. The van der Waals surface area contributed by atoms with Gasteiger partial charge in [0.25, 0.3) is 0 Å². The fourth-order valence-electron chi connectivity index (χ4n) is 2.34. The predicted molar refractivity (Wildman–Crippen MR) is 68.7 cm³/mol. The van der Waals surface area contributed by atoms with Crippen molar-refractivity contribution in [2.24, 2.45) is 4.99 Å². The van der Waals surface area contributed by atoms with E-state index in [9.17, 15) is 9.90 Å². The Kier molecular flexibility index (Phi) is 3.81. The summed E-state index contributed by atoms with van der Waals surface area (Å²) in [5.74, 6) is 0. The van der Waals surface area contributed by atoms with Gasteiger partial charge >= 0.3 is 6.09 Å². The minimum atomic E-state index is -1.00. The van der Waals surface area contributed by atoms with Crippen LogP contribution in [-0.2, 0) is 0 Å². The number of amides is 1. The van der Waals surface area contributed by atoms with E-state index >= 15 is 0 Å². The molecule has 18 heavy (non-hydrogen) atoms. The molecular weight excluding hydrogens is 232 g/mol. The van der Waals surface area contributed by atoms with E-state index in [1.807, 2.05) is 18.2 Å². The first-order valence-electron chi connectivity index (χ1n) is 6.22. The SMILES string of the molecule is O=C(O)N1CCCC(O)(C2=NC=CCC=C2)CC1. The summed E-state index contributed by atoms with van der Waals surface area (Å²) in [6, 6.07) is 0. The van der Waals surface area contributed by atoms with Crippen LogP contribution >= 0.6 is 0 Å². The van der Waals surface area contributed by atoms with Gasteiger partial charge in [-0.2, -0.15) is 0 Å². The molecule has 0 bridgehead atoms. The number of nitrogens with zero attached hydrogens (tertiary/aromatic N) is 2. The summed E-state index contributed by atoms with van der Waals surface area (Å²) in [7, 11) is 0. The number of allylic oxidation sites excluding steroid dienone is 2. The monoisotopic (exact) mass is 250 g/mol. The van der Waals surface area contributed by atoms with Gasteiger partial charge in [0.15, 0.2) is 0 Å². The molecule has 1 fully saturated rings. The number of hydrogen-bond donors (Lipinski definition) is 2. The number of likely N-dealkylation sites (tertiary alicyclic amines) is 1. The molecule has 1 saturated heterocycles. The summed E-state index contributed by atoms with van der Waals surface area (Å²) < 4.78 is 0. The van der Waals surface area contributed by atoms with Crippen LogP contribution in [0.5, 0.6) is 0 Å². The quantitative estimate of drug-likeness (QED) is 0.745. The average Bonchev–Trinajstić information content (AvgIpc) is 2.70. The third kappa shape index (κ3) is 2.79. The maximum atomic E-state index is 10.9. The largest absolute Gasteiger partial charge is 0.465 e. The van der Waals surface area contributed by atoms with Gasteiger partial charge in [0.1, 0.15) is 5.60 Å². The summed E-state index contributed by atoms with van der Waals surface area (Å²) in [5, 5.41) is 19.6. The van der Waals surface area contributed by atoms with E-state index in [1.165, 1.54) is 4.90 Å². The third-order valence-corrected chi connectivity index (χ3v) is 3.43. The smallest absolute Gasteiger partial charge is 0.407 e. The molecule has 0 radical (unpaired) electrons. The van der Waals surface area contributed by atoms with Gasteiger partial charge in [0.05, 0.1) is 5.71 Å². The van der Waals surface area contributed by atoms with Gasteiger partial charge in [-0.05, 0) is 31.8 Å². The molecule has 0 saturated carbocycles. The lowest BCUT2D eigenvalue weighted by Gasteiger charge is -2.26. The molecule has 2 aliphatic rings. The Morgan fingerprint density at radius 2 is 2.17 bits per heavy atom. The molecule has 0 aliphatic carbocycles. The molecule has 0 aromatic heterocycles. The fraction of sp³-hybridized carbons (Fsp3) is 0.538. The highest BCUT2D eigenvalue weighted by molar-refractivity contribution is 6.02. The van der Waals surface area contributed by atoms with Gasteiger partial charge in [0.2, 0.25) is 0 Å². The lowest BCUT2D eigenvalue weighted by molar-refractivity contribution is 0.0947. The van der Waals surface area contributed by atoms with Crippen molar-refractivity contribution in [1.29, 1.82) is 0 Å². The topological polar surface area (TPSA) is 73.1 Å². The number of carbonyl (C=O) groups is 1. The van der Waals surface area contributed by atoms with E-state index in [2.05, 4.69) is 4.99 Å². The van der Waals surface area contributed by atoms with Crippen LogP contribution in [0.3, 0.4) is 0 Å². The van der Waals surface area contributed by atoms with Crippen molar-refractivity contribution < 1.29 is 15.0 Å². The van der Waals surface area contributed by atoms with Crippen molar-refractivity contribution in [2.45, 2.75) is 31.3 Å². The van der Waals surface area contributed by atoms with E-state index in [1.54, 1.807) is 6.20 Å². The fourth-order valence-corrected chi connectivity index (χ4v) is 2.34. The second-order valence-corrected chi connectivity index (χ2v) is 4.69. The molecule has 98 valence electrons. The number of rotatable bonds is 1. The van der Waals surface area contributed by atoms with E-state index in [0.29, 0.717) is 38.1 Å². The summed E-state index contributed by atoms with van der Waals surface area (Å²) in [6.07, 6.45) is 8.92. The van der Waals surface area contributed by atoms with Gasteiger partial charge in [-0.1, -0.05) is 12.2 Å². The van der Waals surface area contributed by atoms with Crippen molar-refractivity contribution in [2.75, 3.05) is 13.1 Å². The molecule has 0 spiro atoms. The zero-order chi connectivity index (χ0) is 13.0. The molecule has 1 unspecified atom stereocenters. The van der Waals surface area contributed by atoms with E-state index in [-0.39, 0.29) is 0 Å². The number of hydrogen-bond acceptors (Lipinski definition) is 3. The molecule has 1 atom stereocenters. The van der Waals surface area contributed by atoms with Crippen molar-refractivity contribution in [3.63, 3.8) is 0 Å². The highest BCUT2D eigenvalue weighted by atomic mass is 16.4. The normalized spacial score (nSPS) is 28.5.